The van der Waals surface area contributed by atoms with Crippen LogP contribution in [0.15, 0.2) is 152 Å². The van der Waals surface area contributed by atoms with Gasteiger partial charge < -0.3 is 23.8 Å². The maximum atomic E-state index is 10.2. The van der Waals surface area contributed by atoms with Gasteiger partial charge in [-0.3, -0.25) is 0 Å². The standard InChI is InChI=1S/C51H39N3O4/c1-55-23-25-57-41-17-13-36(14-18-41)38-29-39(37-15-19-42(20-16-37)58-26-24-56-2)31-40(30-38)54-49-9-5-3-7-45(49)51(46-8-4-6-10-50(46)54)47-27-34(32-52)11-21-43(47)44-22-12-35(33-53)28-48(44)51/h3-22,27-31H,23-26H2,1-2H3. The van der Waals surface area contributed by atoms with E-state index in [1.807, 2.05) is 48.5 Å². The lowest BCUT2D eigenvalue weighted by molar-refractivity contribution is 0.146. The zero-order valence-electron chi connectivity index (χ0n) is 32.2. The molecule has 0 saturated heterocycles. The van der Waals surface area contributed by atoms with E-state index in [0.29, 0.717) is 37.6 Å². The van der Waals surface area contributed by atoms with Crippen LogP contribution in [0.1, 0.15) is 33.4 Å². The smallest absolute Gasteiger partial charge is 0.119 e. The van der Waals surface area contributed by atoms with Crippen LogP contribution in [-0.4, -0.2) is 40.6 Å². The van der Waals surface area contributed by atoms with Crippen LogP contribution in [-0.2, 0) is 14.9 Å². The molecule has 0 atom stereocenters. The van der Waals surface area contributed by atoms with Gasteiger partial charge >= 0.3 is 0 Å². The van der Waals surface area contributed by atoms with Crippen molar-refractivity contribution in [3.63, 3.8) is 0 Å². The second-order valence-electron chi connectivity index (χ2n) is 14.4. The molecule has 2 aliphatic rings. The summed E-state index contributed by atoms with van der Waals surface area (Å²) in [6.07, 6.45) is 0. The number of hydrogen-bond acceptors (Lipinski definition) is 7. The van der Waals surface area contributed by atoms with E-state index in [1.165, 1.54) is 0 Å². The summed E-state index contributed by atoms with van der Waals surface area (Å²) in [7, 11) is 3.33. The molecule has 7 aromatic carbocycles. The van der Waals surface area contributed by atoms with Crippen LogP contribution in [0.4, 0.5) is 17.1 Å². The molecule has 0 fully saturated rings. The van der Waals surface area contributed by atoms with Crippen molar-refractivity contribution in [2.45, 2.75) is 5.41 Å². The molecule has 1 spiro atoms. The Hall–Kier alpha value is -7.16. The minimum absolute atomic E-state index is 0.473. The average Bonchev–Trinajstić information content (AvgIpc) is 3.56. The molecule has 0 radical (unpaired) electrons. The molecular weight excluding hydrogens is 719 g/mol. The highest BCUT2D eigenvalue weighted by molar-refractivity contribution is 5.97. The second-order valence-corrected chi connectivity index (χ2v) is 14.4. The molecule has 0 saturated carbocycles. The fourth-order valence-corrected chi connectivity index (χ4v) is 8.61. The molecule has 0 amide bonds. The Morgan fingerprint density at radius 3 is 1.34 bits per heavy atom. The summed E-state index contributed by atoms with van der Waals surface area (Å²) in [5, 5.41) is 20.4. The van der Waals surface area contributed by atoms with E-state index in [9.17, 15) is 10.5 Å². The van der Waals surface area contributed by atoms with Crippen molar-refractivity contribution in [2.75, 3.05) is 45.5 Å². The zero-order chi connectivity index (χ0) is 39.6. The van der Waals surface area contributed by atoms with Crippen molar-refractivity contribution in [2.24, 2.45) is 0 Å². The third-order valence-electron chi connectivity index (χ3n) is 11.2. The van der Waals surface area contributed by atoms with Gasteiger partial charge in [-0.25, -0.2) is 0 Å². The molecule has 7 nitrogen and oxygen atoms in total. The van der Waals surface area contributed by atoms with Crippen molar-refractivity contribution in [1.29, 1.82) is 10.5 Å². The van der Waals surface area contributed by atoms with Crippen LogP contribution in [0.25, 0.3) is 33.4 Å². The lowest BCUT2D eigenvalue weighted by Gasteiger charge is -2.45. The number of methoxy groups -OCH3 is 2. The predicted octanol–water partition coefficient (Wildman–Crippen LogP) is 11.0. The monoisotopic (exact) mass is 757 g/mol. The number of para-hydroxylation sites is 2. The van der Waals surface area contributed by atoms with Gasteiger partial charge in [0, 0.05) is 19.9 Å². The molecule has 0 unspecified atom stereocenters. The van der Waals surface area contributed by atoms with Gasteiger partial charge in [0.15, 0.2) is 0 Å². The number of fused-ring (bicyclic) bond motifs is 9. The summed E-state index contributed by atoms with van der Waals surface area (Å²) in [5.74, 6) is 1.56. The highest BCUT2D eigenvalue weighted by Gasteiger charge is 2.52. The van der Waals surface area contributed by atoms with Crippen molar-refractivity contribution < 1.29 is 18.9 Å². The summed E-state index contributed by atoms with van der Waals surface area (Å²) in [6, 6.07) is 56.9. The average molecular weight is 758 g/mol. The Morgan fingerprint density at radius 1 is 0.466 bits per heavy atom. The molecule has 7 heteroatoms. The van der Waals surface area contributed by atoms with Crippen LogP contribution in [0.2, 0.25) is 0 Å². The molecule has 7 aromatic rings. The summed E-state index contributed by atoms with van der Waals surface area (Å²) >= 11 is 0. The van der Waals surface area contributed by atoms with Crippen molar-refractivity contribution >= 4 is 17.1 Å². The first-order valence-corrected chi connectivity index (χ1v) is 19.3. The fraction of sp³-hybridized carbons (Fsp3) is 0.137. The van der Waals surface area contributed by atoms with Crippen LogP contribution in [0.5, 0.6) is 11.5 Å². The van der Waals surface area contributed by atoms with E-state index in [-0.39, 0.29) is 0 Å². The normalized spacial score (nSPS) is 12.8. The van der Waals surface area contributed by atoms with Crippen LogP contribution in [0, 0.1) is 22.7 Å². The van der Waals surface area contributed by atoms with Crippen molar-refractivity contribution in [3.05, 3.63) is 185 Å². The van der Waals surface area contributed by atoms with Gasteiger partial charge in [-0.1, -0.05) is 72.8 Å². The molecule has 0 N–H and O–H groups in total. The maximum Gasteiger partial charge on any atom is 0.119 e. The van der Waals surface area contributed by atoms with E-state index in [0.717, 1.165) is 84.2 Å². The lowest BCUT2D eigenvalue weighted by Crippen LogP contribution is -2.36. The molecule has 282 valence electrons. The Bertz CT molecular complexity index is 2560. The second kappa shape index (κ2) is 15.4. The molecule has 0 bridgehead atoms. The zero-order valence-corrected chi connectivity index (χ0v) is 32.2. The molecule has 0 aromatic heterocycles. The largest absolute Gasteiger partial charge is 0.491 e. The summed E-state index contributed by atoms with van der Waals surface area (Å²) in [6.45, 7) is 1.97. The first-order chi connectivity index (χ1) is 28.6. The van der Waals surface area contributed by atoms with Gasteiger partial charge in [0.25, 0.3) is 0 Å². The Balaban J connectivity index is 1.26. The van der Waals surface area contributed by atoms with Crippen LogP contribution >= 0.6 is 0 Å². The molecule has 1 aliphatic carbocycles. The molecule has 1 aliphatic heterocycles. The number of hydrogen-bond donors (Lipinski definition) is 0. The quantitative estimate of drug-likeness (QED) is 0.121. The van der Waals surface area contributed by atoms with Crippen LogP contribution in [0.3, 0.4) is 0 Å². The Morgan fingerprint density at radius 2 is 0.914 bits per heavy atom. The van der Waals surface area contributed by atoms with Gasteiger partial charge in [-0.15, -0.1) is 0 Å². The number of rotatable bonds is 11. The van der Waals surface area contributed by atoms with E-state index in [4.69, 9.17) is 18.9 Å². The van der Waals surface area contributed by atoms with Gasteiger partial charge in [0.05, 0.1) is 53.3 Å². The van der Waals surface area contributed by atoms with Gasteiger partial charge in [-0.05, 0) is 134 Å². The van der Waals surface area contributed by atoms with Crippen LogP contribution < -0.4 is 14.4 Å². The van der Waals surface area contributed by atoms with Crippen molar-refractivity contribution in [1.82, 2.24) is 0 Å². The van der Waals surface area contributed by atoms with E-state index >= 15 is 0 Å². The molecule has 9 rings (SSSR count). The molecule has 58 heavy (non-hydrogen) atoms. The summed E-state index contributed by atoms with van der Waals surface area (Å²) in [5.41, 5.74) is 13.9. The molecular formula is C51H39N3O4. The van der Waals surface area contributed by atoms with Crippen molar-refractivity contribution in [3.8, 4) is 57.0 Å². The number of anilines is 3. The SMILES string of the molecule is COCCOc1ccc(-c2cc(-c3ccc(OCCOC)cc3)cc(N3c4ccccc4C4(c5cc(C#N)ccc5-c5ccc(C#N)cc54)c4ccccc43)c2)cc1. The van der Waals surface area contributed by atoms with E-state index < -0.39 is 5.41 Å². The summed E-state index contributed by atoms with van der Waals surface area (Å²) in [4.78, 5) is 2.35. The lowest BCUT2D eigenvalue weighted by atomic mass is 9.64. The van der Waals surface area contributed by atoms with E-state index in [1.54, 1.807) is 14.2 Å². The first-order valence-electron chi connectivity index (χ1n) is 19.3. The maximum absolute atomic E-state index is 10.2. The Kier molecular flexibility index (Phi) is 9.69. The fourth-order valence-electron chi connectivity index (χ4n) is 8.61. The van der Waals surface area contributed by atoms with Gasteiger partial charge in [0.2, 0.25) is 0 Å². The first kappa shape index (κ1) is 36.5. The minimum atomic E-state index is -0.786. The third kappa shape index (κ3) is 6.15. The van der Waals surface area contributed by atoms with Gasteiger partial charge in [-0.2, -0.15) is 10.5 Å². The number of benzene rings is 7. The molecule has 1 heterocycles. The highest BCUT2D eigenvalue weighted by Crippen LogP contribution is 2.63. The van der Waals surface area contributed by atoms with Gasteiger partial charge in [0.1, 0.15) is 24.7 Å². The number of nitrogens with zero attached hydrogens (tertiary/aromatic N) is 3. The topological polar surface area (TPSA) is 87.7 Å². The predicted molar refractivity (Wildman–Crippen MR) is 227 cm³/mol. The number of ether oxygens (including phenoxy) is 4. The third-order valence-corrected chi connectivity index (χ3v) is 11.2. The summed E-state index contributed by atoms with van der Waals surface area (Å²) < 4.78 is 22.2. The van der Waals surface area contributed by atoms with E-state index in [2.05, 4.69) is 120 Å². The number of nitriles is 2. The minimum Gasteiger partial charge on any atom is -0.491 e. The Labute approximate surface area is 338 Å². The highest BCUT2D eigenvalue weighted by atomic mass is 16.5.